The summed E-state index contributed by atoms with van der Waals surface area (Å²) in [5.41, 5.74) is 2.13. The van der Waals surface area contributed by atoms with Crippen LogP contribution in [-0.4, -0.2) is 35.0 Å². The number of fused-ring (bicyclic) bond motifs is 1. The molecule has 1 amide bonds. The molecule has 3 aromatic rings. The van der Waals surface area contributed by atoms with Crippen molar-refractivity contribution in [3.05, 3.63) is 66.4 Å². The molecular formula is C20H20N2O2. The molecule has 1 aliphatic rings. The summed E-state index contributed by atoms with van der Waals surface area (Å²) in [5.74, 6) is 1.03. The van der Waals surface area contributed by atoms with Crippen LogP contribution in [0.5, 0.6) is 5.75 Å². The van der Waals surface area contributed by atoms with Gasteiger partial charge in [-0.3, -0.25) is 4.79 Å². The zero-order valence-corrected chi connectivity index (χ0v) is 13.4. The van der Waals surface area contributed by atoms with Gasteiger partial charge in [0.2, 0.25) is 5.91 Å². The quantitative estimate of drug-likeness (QED) is 0.801. The fraction of sp³-hybridized carbons (Fsp3) is 0.250. The van der Waals surface area contributed by atoms with E-state index in [1.807, 2.05) is 59.6 Å². The number of rotatable bonds is 4. The average Bonchev–Trinajstić information content (AvgIpc) is 3.24. The van der Waals surface area contributed by atoms with Crippen LogP contribution in [-0.2, 0) is 11.2 Å². The second-order valence-corrected chi connectivity index (χ2v) is 6.22. The Bertz CT molecular complexity index is 841. The molecule has 0 bridgehead atoms. The van der Waals surface area contributed by atoms with E-state index in [4.69, 9.17) is 4.74 Å². The molecule has 1 saturated heterocycles. The highest BCUT2D eigenvalue weighted by Crippen LogP contribution is 2.21. The number of nitrogens with zero attached hydrogens (tertiary/aromatic N) is 1. The second-order valence-electron chi connectivity index (χ2n) is 6.22. The van der Waals surface area contributed by atoms with Crippen LogP contribution < -0.4 is 4.74 Å². The summed E-state index contributed by atoms with van der Waals surface area (Å²) >= 11 is 0. The highest BCUT2D eigenvalue weighted by atomic mass is 16.5. The van der Waals surface area contributed by atoms with Gasteiger partial charge >= 0.3 is 0 Å². The minimum absolute atomic E-state index is 0.0827. The first-order valence-electron chi connectivity index (χ1n) is 8.34. The van der Waals surface area contributed by atoms with Gasteiger partial charge in [0.1, 0.15) is 11.9 Å². The summed E-state index contributed by atoms with van der Waals surface area (Å²) in [7, 11) is 0. The molecule has 1 aliphatic heterocycles. The molecule has 1 aromatic heterocycles. The van der Waals surface area contributed by atoms with E-state index in [0.29, 0.717) is 13.0 Å². The van der Waals surface area contributed by atoms with Crippen LogP contribution in [0.4, 0.5) is 0 Å². The highest BCUT2D eigenvalue weighted by Gasteiger charge is 2.27. The van der Waals surface area contributed by atoms with Crippen LogP contribution >= 0.6 is 0 Å². The molecule has 4 nitrogen and oxygen atoms in total. The predicted octanol–water partition coefficient (Wildman–Crippen LogP) is 3.39. The van der Waals surface area contributed by atoms with Gasteiger partial charge in [-0.1, -0.05) is 36.4 Å². The third kappa shape index (κ3) is 3.00. The number of ether oxygens (including phenoxy) is 1. The number of carbonyl (C=O) groups excluding carboxylic acids is 1. The van der Waals surface area contributed by atoms with Crippen LogP contribution in [0.25, 0.3) is 10.9 Å². The van der Waals surface area contributed by atoms with Crippen molar-refractivity contribution in [2.75, 3.05) is 13.1 Å². The second kappa shape index (κ2) is 6.40. The third-order valence-corrected chi connectivity index (χ3v) is 4.56. The minimum Gasteiger partial charge on any atom is -0.489 e. The van der Waals surface area contributed by atoms with E-state index in [0.717, 1.165) is 35.2 Å². The molecule has 1 N–H and O–H groups in total. The number of amides is 1. The molecule has 0 saturated carbocycles. The molecule has 1 fully saturated rings. The van der Waals surface area contributed by atoms with Gasteiger partial charge in [-0.05, 0) is 23.8 Å². The number of H-pyrrole nitrogens is 1. The lowest BCUT2D eigenvalue weighted by atomic mass is 10.1. The molecule has 24 heavy (non-hydrogen) atoms. The SMILES string of the molecule is O=C(Cc1c[nH]c2ccccc12)N1CC[C@@H](Oc2ccccc2)C1. The normalized spacial score (nSPS) is 17.3. The average molecular weight is 320 g/mol. The summed E-state index contributed by atoms with van der Waals surface area (Å²) < 4.78 is 5.96. The number of para-hydroxylation sites is 2. The number of hydrogen-bond donors (Lipinski definition) is 1. The summed E-state index contributed by atoms with van der Waals surface area (Å²) in [6.07, 6.45) is 3.34. The lowest BCUT2D eigenvalue weighted by Gasteiger charge is -2.17. The minimum atomic E-state index is 0.0827. The van der Waals surface area contributed by atoms with Gasteiger partial charge in [0.15, 0.2) is 0 Å². The predicted molar refractivity (Wildman–Crippen MR) is 94.1 cm³/mol. The first-order valence-corrected chi connectivity index (χ1v) is 8.34. The molecule has 122 valence electrons. The number of aromatic amines is 1. The van der Waals surface area contributed by atoms with Gasteiger partial charge in [-0.25, -0.2) is 0 Å². The number of likely N-dealkylation sites (tertiary alicyclic amines) is 1. The van der Waals surface area contributed by atoms with E-state index >= 15 is 0 Å². The van der Waals surface area contributed by atoms with Crippen molar-refractivity contribution in [2.24, 2.45) is 0 Å². The molecule has 4 rings (SSSR count). The molecule has 0 aliphatic carbocycles. The van der Waals surface area contributed by atoms with Crippen LogP contribution in [0.3, 0.4) is 0 Å². The van der Waals surface area contributed by atoms with Gasteiger partial charge in [-0.15, -0.1) is 0 Å². The van der Waals surface area contributed by atoms with Crippen molar-refractivity contribution < 1.29 is 9.53 Å². The summed E-state index contributed by atoms with van der Waals surface area (Å²) in [4.78, 5) is 17.8. The zero-order valence-electron chi connectivity index (χ0n) is 13.4. The van der Waals surface area contributed by atoms with E-state index in [9.17, 15) is 4.79 Å². The smallest absolute Gasteiger partial charge is 0.227 e. The summed E-state index contributed by atoms with van der Waals surface area (Å²) in [5, 5.41) is 1.13. The Morgan fingerprint density at radius 3 is 2.79 bits per heavy atom. The van der Waals surface area contributed by atoms with Crippen LogP contribution in [0.2, 0.25) is 0 Å². The maximum atomic E-state index is 12.6. The van der Waals surface area contributed by atoms with E-state index < -0.39 is 0 Å². The first-order chi connectivity index (χ1) is 11.8. The van der Waals surface area contributed by atoms with Crippen molar-refractivity contribution in [3.8, 4) is 5.75 Å². The van der Waals surface area contributed by atoms with E-state index in [1.165, 1.54) is 0 Å². The Labute approximate surface area is 141 Å². The van der Waals surface area contributed by atoms with Crippen LogP contribution in [0.15, 0.2) is 60.8 Å². The van der Waals surface area contributed by atoms with Crippen molar-refractivity contribution in [1.29, 1.82) is 0 Å². The number of nitrogens with one attached hydrogen (secondary N) is 1. The fourth-order valence-corrected chi connectivity index (χ4v) is 3.30. The maximum absolute atomic E-state index is 12.6. The Morgan fingerprint density at radius 1 is 1.12 bits per heavy atom. The monoisotopic (exact) mass is 320 g/mol. The Kier molecular flexibility index (Phi) is 3.95. The Balaban J connectivity index is 1.39. The zero-order chi connectivity index (χ0) is 16.4. The molecule has 4 heteroatoms. The molecule has 0 radical (unpaired) electrons. The fourth-order valence-electron chi connectivity index (χ4n) is 3.30. The van der Waals surface area contributed by atoms with Crippen LogP contribution in [0, 0.1) is 0 Å². The lowest BCUT2D eigenvalue weighted by molar-refractivity contribution is -0.129. The van der Waals surface area contributed by atoms with Gasteiger partial charge in [0.25, 0.3) is 0 Å². The molecule has 2 aromatic carbocycles. The largest absolute Gasteiger partial charge is 0.489 e. The van der Waals surface area contributed by atoms with Crippen molar-refractivity contribution in [1.82, 2.24) is 9.88 Å². The standard InChI is InChI=1S/C20H20N2O2/c23-20(12-15-13-21-19-9-5-4-8-18(15)19)22-11-10-17(14-22)24-16-6-2-1-3-7-16/h1-9,13,17,21H,10-12,14H2/t17-/m1/s1. The van der Waals surface area contributed by atoms with Gasteiger partial charge in [0, 0.05) is 30.1 Å². The number of benzene rings is 2. The molecular weight excluding hydrogens is 300 g/mol. The molecule has 2 heterocycles. The maximum Gasteiger partial charge on any atom is 0.227 e. The van der Waals surface area contributed by atoms with Crippen molar-refractivity contribution in [2.45, 2.75) is 18.9 Å². The molecule has 0 unspecified atom stereocenters. The van der Waals surface area contributed by atoms with Gasteiger partial charge < -0.3 is 14.6 Å². The highest BCUT2D eigenvalue weighted by molar-refractivity contribution is 5.89. The summed E-state index contributed by atoms with van der Waals surface area (Å²) in [6.45, 7) is 1.43. The van der Waals surface area contributed by atoms with Crippen molar-refractivity contribution >= 4 is 16.8 Å². The van der Waals surface area contributed by atoms with Crippen LogP contribution in [0.1, 0.15) is 12.0 Å². The number of hydrogen-bond acceptors (Lipinski definition) is 2. The molecule has 1 atom stereocenters. The first kappa shape index (κ1) is 14.8. The van der Waals surface area contributed by atoms with Crippen molar-refractivity contribution in [3.63, 3.8) is 0 Å². The van der Waals surface area contributed by atoms with E-state index in [-0.39, 0.29) is 12.0 Å². The van der Waals surface area contributed by atoms with Gasteiger partial charge in [-0.2, -0.15) is 0 Å². The third-order valence-electron chi connectivity index (χ3n) is 4.56. The lowest BCUT2D eigenvalue weighted by Crippen LogP contribution is -2.32. The number of carbonyl (C=O) groups is 1. The van der Waals surface area contributed by atoms with E-state index in [1.54, 1.807) is 0 Å². The van der Waals surface area contributed by atoms with E-state index in [2.05, 4.69) is 11.1 Å². The Hall–Kier alpha value is -2.75. The number of aromatic nitrogens is 1. The molecule has 0 spiro atoms. The topological polar surface area (TPSA) is 45.3 Å². The Morgan fingerprint density at radius 2 is 1.92 bits per heavy atom. The van der Waals surface area contributed by atoms with Gasteiger partial charge in [0.05, 0.1) is 13.0 Å². The summed E-state index contributed by atoms with van der Waals surface area (Å²) in [6, 6.07) is 17.9.